The van der Waals surface area contributed by atoms with Crippen LogP contribution in [0.1, 0.15) is 25.8 Å². The molecule has 0 bridgehead atoms. The molecule has 0 spiro atoms. The van der Waals surface area contributed by atoms with Crippen LogP contribution >= 0.6 is 23.4 Å². The molecule has 2 unspecified atom stereocenters. The molecule has 0 radical (unpaired) electrons. The number of hydrogen-bond acceptors (Lipinski definition) is 8. The number of nitrogens with zero attached hydrogens (tertiary/aromatic N) is 1. The highest BCUT2D eigenvalue weighted by atomic mass is 35.5. The lowest BCUT2D eigenvalue weighted by atomic mass is 10.0. The van der Waals surface area contributed by atoms with Gasteiger partial charge in [-0.2, -0.15) is 0 Å². The number of alkyl halides is 1. The highest BCUT2D eigenvalue weighted by Crippen LogP contribution is 2.35. The van der Waals surface area contributed by atoms with Crippen molar-refractivity contribution in [2.45, 2.75) is 38.3 Å². The van der Waals surface area contributed by atoms with E-state index in [1.165, 1.54) is 23.8 Å². The number of likely N-dealkylation sites (tertiary alicyclic amines) is 1. The van der Waals surface area contributed by atoms with E-state index in [0.717, 1.165) is 5.56 Å². The van der Waals surface area contributed by atoms with Crippen molar-refractivity contribution in [1.82, 2.24) is 10.2 Å². The Bertz CT molecular complexity index is 916. The third-order valence-corrected chi connectivity index (χ3v) is 6.25. The van der Waals surface area contributed by atoms with Crippen molar-refractivity contribution in [3.63, 3.8) is 0 Å². The molecule has 2 atom stereocenters. The van der Waals surface area contributed by atoms with Gasteiger partial charge in [-0.25, -0.2) is 4.79 Å². The van der Waals surface area contributed by atoms with Crippen LogP contribution in [0.4, 0.5) is 0 Å². The molecular formula is C22H27ClN2O7S. The molecule has 0 aromatic heterocycles. The van der Waals surface area contributed by atoms with Crippen LogP contribution in [0.3, 0.4) is 0 Å². The van der Waals surface area contributed by atoms with Crippen LogP contribution in [-0.4, -0.2) is 65.9 Å². The van der Waals surface area contributed by atoms with Crippen molar-refractivity contribution in [1.29, 1.82) is 0 Å². The van der Waals surface area contributed by atoms with E-state index in [1.807, 2.05) is 0 Å². The Kier molecular flexibility index (Phi) is 10.1. The number of carbonyl (C=O) groups excluding carboxylic acids is 4. The lowest BCUT2D eigenvalue weighted by molar-refractivity contribution is -0.153. The highest BCUT2D eigenvalue weighted by Gasteiger charge is 2.51. The fourth-order valence-electron chi connectivity index (χ4n) is 3.06. The summed E-state index contributed by atoms with van der Waals surface area (Å²) < 4.78 is 15.2. The van der Waals surface area contributed by atoms with Crippen molar-refractivity contribution in [3.8, 4) is 5.75 Å². The number of β-lactam (4-membered cyclic amide) rings is 1. The van der Waals surface area contributed by atoms with E-state index in [9.17, 15) is 19.2 Å². The van der Waals surface area contributed by atoms with Crippen LogP contribution in [0.2, 0.25) is 0 Å². The molecule has 1 N–H and O–H groups in total. The minimum atomic E-state index is -0.873. The minimum absolute atomic E-state index is 0.00814. The first-order valence-electron chi connectivity index (χ1n) is 10.1. The summed E-state index contributed by atoms with van der Waals surface area (Å²) in [6.07, 6.45) is 0.113. The maximum absolute atomic E-state index is 12.9. The van der Waals surface area contributed by atoms with E-state index in [4.69, 9.17) is 21.1 Å². The molecule has 2 amide bonds. The summed E-state index contributed by atoms with van der Waals surface area (Å²) in [5.41, 5.74) is 1.42. The van der Waals surface area contributed by atoms with Gasteiger partial charge in [0.15, 0.2) is 0 Å². The van der Waals surface area contributed by atoms with Crippen LogP contribution in [0.25, 0.3) is 0 Å². The Morgan fingerprint density at radius 2 is 1.82 bits per heavy atom. The van der Waals surface area contributed by atoms with Crippen molar-refractivity contribution in [2.75, 3.05) is 25.9 Å². The van der Waals surface area contributed by atoms with E-state index < -0.39 is 35.2 Å². The van der Waals surface area contributed by atoms with Gasteiger partial charge in [-0.15, -0.1) is 23.4 Å². The van der Waals surface area contributed by atoms with Crippen LogP contribution in [0.15, 0.2) is 35.5 Å². The first kappa shape index (κ1) is 26.5. The number of esters is 2. The van der Waals surface area contributed by atoms with Crippen molar-refractivity contribution >= 4 is 47.1 Å². The monoisotopic (exact) mass is 498 g/mol. The number of amides is 2. The molecule has 1 aliphatic heterocycles. The third kappa shape index (κ3) is 6.88. The smallest absolute Gasteiger partial charge is 0.355 e. The van der Waals surface area contributed by atoms with Gasteiger partial charge in [0.25, 0.3) is 5.91 Å². The molecule has 9 nitrogen and oxygen atoms in total. The van der Waals surface area contributed by atoms with Gasteiger partial charge in [0.1, 0.15) is 35.3 Å². The van der Waals surface area contributed by atoms with E-state index in [1.54, 1.807) is 45.2 Å². The number of hydrogen-bond donors (Lipinski definition) is 1. The number of rotatable bonds is 11. The SMILES string of the molecule is COC(=O)CCSC1C(NC(=O)CCl)C(=O)N1C(C(=O)OCc1ccc(OC)cc1)=C(C)C. The average molecular weight is 499 g/mol. The van der Waals surface area contributed by atoms with Crippen LogP contribution in [0, 0.1) is 0 Å². The van der Waals surface area contributed by atoms with Gasteiger partial charge in [0, 0.05) is 5.75 Å². The Labute approximate surface area is 201 Å². The molecule has 1 fully saturated rings. The molecule has 11 heteroatoms. The standard InChI is InChI=1S/C22H27ClN2O7S/c1-13(2)19(22(29)32-12-14-5-7-15(30-3)8-6-14)25-20(28)18(24-16(26)11-23)21(25)33-10-9-17(27)31-4/h5-8,18,21H,9-12H2,1-4H3,(H,24,26). The number of nitrogens with one attached hydrogen (secondary N) is 1. The topological polar surface area (TPSA) is 111 Å². The lowest BCUT2D eigenvalue weighted by Gasteiger charge is -2.47. The summed E-state index contributed by atoms with van der Waals surface area (Å²) in [5, 5.41) is 1.96. The average Bonchev–Trinajstić information content (AvgIpc) is 2.82. The summed E-state index contributed by atoms with van der Waals surface area (Å²) in [7, 11) is 2.85. The second kappa shape index (κ2) is 12.5. The fraction of sp³-hybridized carbons (Fsp3) is 0.455. The Morgan fingerprint density at radius 1 is 1.15 bits per heavy atom. The number of thioether (sulfide) groups is 1. The molecular weight excluding hydrogens is 472 g/mol. The number of methoxy groups -OCH3 is 2. The Balaban J connectivity index is 2.15. The van der Waals surface area contributed by atoms with E-state index in [2.05, 4.69) is 10.1 Å². The predicted octanol–water partition coefficient (Wildman–Crippen LogP) is 2.22. The van der Waals surface area contributed by atoms with Gasteiger partial charge in [-0.05, 0) is 37.1 Å². The first-order chi connectivity index (χ1) is 15.7. The molecule has 33 heavy (non-hydrogen) atoms. The normalized spacial score (nSPS) is 17.0. The molecule has 1 aromatic carbocycles. The lowest BCUT2D eigenvalue weighted by Crippen LogP contribution is -2.69. The molecule has 1 aromatic rings. The summed E-state index contributed by atoms with van der Waals surface area (Å²) in [4.78, 5) is 50.3. The zero-order chi connectivity index (χ0) is 24.5. The first-order valence-corrected chi connectivity index (χ1v) is 11.7. The molecule has 1 saturated heterocycles. The number of halogens is 1. The van der Waals surface area contributed by atoms with Crippen molar-refractivity contribution in [2.24, 2.45) is 0 Å². The highest BCUT2D eigenvalue weighted by molar-refractivity contribution is 8.00. The van der Waals surface area contributed by atoms with Gasteiger partial charge in [0.05, 0.1) is 20.6 Å². The molecule has 2 rings (SSSR count). The van der Waals surface area contributed by atoms with E-state index in [0.29, 0.717) is 17.1 Å². The molecule has 1 heterocycles. The minimum Gasteiger partial charge on any atom is -0.497 e. The van der Waals surface area contributed by atoms with Crippen LogP contribution < -0.4 is 10.1 Å². The van der Waals surface area contributed by atoms with E-state index in [-0.39, 0.29) is 24.6 Å². The van der Waals surface area contributed by atoms with Crippen LogP contribution in [0.5, 0.6) is 5.75 Å². The number of carbonyl (C=O) groups is 4. The second-order valence-corrected chi connectivity index (χ2v) is 8.74. The third-order valence-electron chi connectivity index (χ3n) is 4.74. The maximum Gasteiger partial charge on any atom is 0.355 e. The van der Waals surface area contributed by atoms with E-state index >= 15 is 0 Å². The quantitative estimate of drug-likeness (QED) is 0.214. The van der Waals surface area contributed by atoms with Crippen molar-refractivity contribution < 1.29 is 33.4 Å². The zero-order valence-corrected chi connectivity index (χ0v) is 20.5. The van der Waals surface area contributed by atoms with Gasteiger partial charge < -0.3 is 19.5 Å². The predicted molar refractivity (Wildman–Crippen MR) is 124 cm³/mol. The van der Waals surface area contributed by atoms with Crippen LogP contribution in [-0.2, 0) is 35.3 Å². The summed E-state index contributed by atoms with van der Waals surface area (Å²) in [6, 6.07) is 6.17. The molecule has 180 valence electrons. The molecule has 0 aliphatic carbocycles. The Hall–Kier alpha value is -2.72. The largest absolute Gasteiger partial charge is 0.497 e. The number of benzene rings is 1. The van der Waals surface area contributed by atoms with Gasteiger partial charge in [-0.1, -0.05) is 12.1 Å². The summed E-state index contributed by atoms with van der Waals surface area (Å²) in [5.74, 6) is -1.33. The van der Waals surface area contributed by atoms with Gasteiger partial charge in [-0.3, -0.25) is 19.3 Å². The fourth-order valence-corrected chi connectivity index (χ4v) is 4.40. The van der Waals surface area contributed by atoms with Gasteiger partial charge >= 0.3 is 11.9 Å². The second-order valence-electron chi connectivity index (χ2n) is 7.25. The maximum atomic E-state index is 12.9. The molecule has 1 aliphatic rings. The molecule has 0 saturated carbocycles. The summed E-state index contributed by atoms with van der Waals surface area (Å²) >= 11 is 6.81. The zero-order valence-electron chi connectivity index (χ0n) is 18.9. The number of allylic oxidation sites excluding steroid dienone is 1. The Morgan fingerprint density at radius 3 is 2.36 bits per heavy atom. The van der Waals surface area contributed by atoms with Gasteiger partial charge in [0.2, 0.25) is 5.91 Å². The number of ether oxygens (including phenoxy) is 3. The van der Waals surface area contributed by atoms with Crippen molar-refractivity contribution in [3.05, 3.63) is 41.1 Å². The summed E-state index contributed by atoms with van der Waals surface area (Å²) in [6.45, 7) is 3.39.